The Morgan fingerprint density at radius 3 is 2.90 bits per heavy atom. The van der Waals surface area contributed by atoms with E-state index in [4.69, 9.17) is 10.4 Å². The molecule has 0 spiro atoms. The zero-order chi connectivity index (χ0) is 20.2. The molecule has 2 amide bonds. The summed E-state index contributed by atoms with van der Waals surface area (Å²) in [5.41, 5.74) is 1.16. The molecule has 2 N–H and O–H groups in total. The number of hydrogen-bond acceptors (Lipinski definition) is 7. The zero-order valence-electron chi connectivity index (χ0n) is 16.2. The first-order valence-electron chi connectivity index (χ1n) is 9.65. The van der Waals surface area contributed by atoms with Crippen molar-refractivity contribution in [2.45, 2.75) is 35.0 Å². The molecule has 0 saturated carbocycles. The van der Waals surface area contributed by atoms with E-state index in [1.807, 2.05) is 4.68 Å². The van der Waals surface area contributed by atoms with Crippen molar-refractivity contribution in [1.82, 2.24) is 20.0 Å². The molecule has 2 aliphatic heterocycles. The van der Waals surface area contributed by atoms with Gasteiger partial charge >= 0.3 is 6.03 Å². The maximum Gasteiger partial charge on any atom is 0.348 e. The van der Waals surface area contributed by atoms with Crippen LogP contribution in [0.4, 0.5) is 10.5 Å². The summed E-state index contributed by atoms with van der Waals surface area (Å²) in [6.07, 6.45) is 3.36. The molecule has 0 radical (unpaired) electrons. The molecule has 2 saturated heterocycles. The molecule has 2 atom stereocenters. The van der Waals surface area contributed by atoms with Crippen LogP contribution in [0.3, 0.4) is 0 Å². The number of rotatable bonds is 4. The minimum Gasteiger partial charge on any atom is -0.316 e. The number of anilines is 1. The highest BCUT2D eigenvalue weighted by Gasteiger charge is 2.26. The highest BCUT2D eigenvalue weighted by atomic mass is 32.2. The van der Waals surface area contributed by atoms with E-state index in [0.717, 1.165) is 43.2 Å². The Morgan fingerprint density at radius 2 is 2.24 bits per heavy atom. The van der Waals surface area contributed by atoms with Crippen LogP contribution < -0.4 is 15.4 Å². The summed E-state index contributed by atoms with van der Waals surface area (Å²) in [4.78, 5) is 19.7. The Labute approximate surface area is 177 Å². The monoisotopic (exact) mass is 429 g/mol. The third kappa shape index (κ3) is 4.87. The van der Waals surface area contributed by atoms with Gasteiger partial charge in [0.1, 0.15) is 6.17 Å². The number of carbonyl (C=O) groups excluding carboxylic acids is 1. The molecule has 3 heterocycles. The lowest BCUT2D eigenvalue weighted by molar-refractivity contribution is 0.212. The quantitative estimate of drug-likeness (QED) is 0.775. The Morgan fingerprint density at radius 1 is 1.41 bits per heavy atom. The molecular weight excluding hydrogens is 406 g/mol. The van der Waals surface area contributed by atoms with E-state index < -0.39 is 6.03 Å². The minimum absolute atomic E-state index is 0.128. The number of aromatic nitrogens is 2. The first-order valence-corrected chi connectivity index (χ1v) is 11.3. The molecule has 2 unspecified atom stereocenters. The Balaban J connectivity index is 1.58. The Bertz CT molecular complexity index is 970. The maximum atomic E-state index is 12.5. The largest absolute Gasteiger partial charge is 0.348 e. The Kier molecular flexibility index (Phi) is 6.30. The van der Waals surface area contributed by atoms with Gasteiger partial charge in [-0.1, -0.05) is 23.1 Å². The van der Waals surface area contributed by atoms with Crippen molar-refractivity contribution in [2.24, 2.45) is 4.99 Å². The number of nitrogens with zero attached hydrogens (tertiary/aromatic N) is 5. The van der Waals surface area contributed by atoms with Crippen LogP contribution in [0.25, 0.3) is 0 Å². The number of likely N-dealkylation sites (tertiary alicyclic amines) is 1. The van der Waals surface area contributed by atoms with E-state index in [1.54, 1.807) is 36.0 Å². The fraction of sp³-hybridized carbons (Fsp3) is 0.474. The number of urea groups is 1. The lowest BCUT2D eigenvalue weighted by Crippen LogP contribution is -2.31. The van der Waals surface area contributed by atoms with Crippen molar-refractivity contribution in [1.29, 1.82) is 5.26 Å². The third-order valence-electron chi connectivity index (χ3n) is 5.07. The first kappa shape index (κ1) is 20.1. The molecule has 2 aliphatic rings. The average Bonchev–Trinajstić information content (AvgIpc) is 3.45. The van der Waals surface area contributed by atoms with E-state index in [2.05, 4.69) is 33.6 Å². The molecular formula is C19H23N7OS2. The van der Waals surface area contributed by atoms with Gasteiger partial charge in [0.15, 0.2) is 4.34 Å². The highest BCUT2D eigenvalue weighted by molar-refractivity contribution is 8.01. The second kappa shape index (κ2) is 9.09. The zero-order valence-corrected chi connectivity index (χ0v) is 17.8. The van der Waals surface area contributed by atoms with Gasteiger partial charge in [0.05, 0.1) is 11.6 Å². The molecule has 1 aromatic heterocycles. The topological polar surface area (TPSA) is 98.3 Å². The van der Waals surface area contributed by atoms with E-state index in [0.29, 0.717) is 21.3 Å². The maximum absolute atomic E-state index is 12.5. The van der Waals surface area contributed by atoms with Crippen LogP contribution in [0.5, 0.6) is 0 Å². The van der Waals surface area contributed by atoms with Crippen LogP contribution in [-0.2, 0) is 0 Å². The van der Waals surface area contributed by atoms with Crippen LogP contribution in [0.2, 0.25) is 0 Å². The van der Waals surface area contributed by atoms with Crippen LogP contribution in [-0.4, -0.2) is 52.6 Å². The van der Waals surface area contributed by atoms with E-state index in [9.17, 15) is 4.79 Å². The fourth-order valence-corrected chi connectivity index (χ4v) is 5.88. The summed E-state index contributed by atoms with van der Waals surface area (Å²) in [5, 5.41) is 20.4. The number of hydrogen-bond donors (Lipinski definition) is 2. The van der Waals surface area contributed by atoms with E-state index >= 15 is 0 Å². The standard InChI is InChI=1S/C19H23N7OS2/c1-25-10-2-3-16(25)26-18(29-19(24-26)28-15-8-9-21-12-15)23-17(27)22-14-6-4-13(11-20)5-7-14/h4-7,15-16,21H,2-3,8-10,12H2,1H3,(H,22,27)/b23-18+. The smallest absolute Gasteiger partial charge is 0.316 e. The predicted octanol–water partition coefficient (Wildman–Crippen LogP) is 2.63. The van der Waals surface area contributed by atoms with Gasteiger partial charge in [0.25, 0.3) is 0 Å². The lowest BCUT2D eigenvalue weighted by Gasteiger charge is -2.19. The number of carbonyl (C=O) groups is 1. The van der Waals surface area contributed by atoms with Gasteiger partial charge in [-0.15, -0.1) is 0 Å². The summed E-state index contributed by atoms with van der Waals surface area (Å²) in [6, 6.07) is 8.36. The lowest BCUT2D eigenvalue weighted by atomic mass is 10.2. The first-order chi connectivity index (χ1) is 14.1. The van der Waals surface area contributed by atoms with Gasteiger partial charge in [-0.3, -0.25) is 4.90 Å². The summed E-state index contributed by atoms with van der Waals surface area (Å²) < 4.78 is 2.85. The molecule has 10 heteroatoms. The second-order valence-corrected chi connectivity index (χ2v) is 9.67. The summed E-state index contributed by atoms with van der Waals surface area (Å²) in [5.74, 6) is 0. The molecule has 1 aromatic carbocycles. The number of amides is 2. The molecule has 2 fully saturated rings. The molecule has 29 heavy (non-hydrogen) atoms. The molecule has 2 aromatic rings. The van der Waals surface area contributed by atoms with Gasteiger partial charge < -0.3 is 10.6 Å². The van der Waals surface area contributed by atoms with Gasteiger partial charge in [-0.25, -0.2) is 9.48 Å². The minimum atomic E-state index is -0.438. The highest BCUT2D eigenvalue weighted by Crippen LogP contribution is 2.30. The SMILES string of the molecule is CN1CCCC1n1nc(SC2CCNC2)s/c1=N/C(=O)Nc1ccc(C#N)cc1. The predicted molar refractivity (Wildman–Crippen MR) is 114 cm³/mol. The molecule has 0 bridgehead atoms. The third-order valence-corrected chi connectivity index (χ3v) is 7.35. The van der Waals surface area contributed by atoms with Crippen molar-refractivity contribution < 1.29 is 4.79 Å². The van der Waals surface area contributed by atoms with Crippen molar-refractivity contribution in [2.75, 3.05) is 32.0 Å². The number of nitriles is 1. The van der Waals surface area contributed by atoms with E-state index in [-0.39, 0.29) is 6.17 Å². The number of nitrogens with one attached hydrogen (secondary N) is 2. The molecule has 0 aliphatic carbocycles. The second-order valence-electron chi connectivity index (χ2n) is 7.16. The average molecular weight is 430 g/mol. The molecule has 152 valence electrons. The number of thioether (sulfide) groups is 1. The molecule has 8 nitrogen and oxygen atoms in total. The van der Waals surface area contributed by atoms with Crippen LogP contribution in [0, 0.1) is 11.3 Å². The van der Waals surface area contributed by atoms with Crippen molar-refractivity contribution >= 4 is 34.8 Å². The van der Waals surface area contributed by atoms with Gasteiger partial charge in [-0.05, 0) is 63.7 Å². The Hall–Kier alpha value is -2.19. The van der Waals surface area contributed by atoms with Crippen molar-refractivity contribution in [3.63, 3.8) is 0 Å². The fourth-order valence-electron chi connectivity index (χ4n) is 3.53. The summed E-state index contributed by atoms with van der Waals surface area (Å²) in [7, 11) is 2.08. The van der Waals surface area contributed by atoms with Gasteiger partial charge in [-0.2, -0.15) is 15.4 Å². The van der Waals surface area contributed by atoms with Crippen molar-refractivity contribution in [3.05, 3.63) is 34.6 Å². The van der Waals surface area contributed by atoms with Gasteiger partial charge in [0.2, 0.25) is 4.80 Å². The van der Waals surface area contributed by atoms with Crippen LogP contribution in [0.15, 0.2) is 33.6 Å². The van der Waals surface area contributed by atoms with Gasteiger partial charge in [0, 0.05) is 17.5 Å². The summed E-state index contributed by atoms with van der Waals surface area (Å²) in [6.45, 7) is 3.04. The van der Waals surface area contributed by atoms with Crippen molar-refractivity contribution in [3.8, 4) is 6.07 Å². The van der Waals surface area contributed by atoms with Crippen LogP contribution in [0.1, 0.15) is 31.0 Å². The summed E-state index contributed by atoms with van der Waals surface area (Å²) >= 11 is 3.23. The number of benzene rings is 1. The van der Waals surface area contributed by atoms with E-state index in [1.165, 1.54) is 11.3 Å². The van der Waals surface area contributed by atoms with Crippen LogP contribution >= 0.6 is 23.1 Å². The normalized spacial score (nSPS) is 22.7. The molecule has 4 rings (SSSR count).